The second-order valence-electron chi connectivity index (χ2n) is 7.55. The zero-order valence-corrected chi connectivity index (χ0v) is 19.3. The zero-order valence-electron chi connectivity index (χ0n) is 18.5. The van der Waals surface area contributed by atoms with Crippen LogP contribution in [-0.2, 0) is 11.3 Å². The van der Waals surface area contributed by atoms with Gasteiger partial charge in [-0.2, -0.15) is 5.10 Å². The first-order valence-corrected chi connectivity index (χ1v) is 11.1. The Bertz CT molecular complexity index is 1280. The Kier molecular flexibility index (Phi) is 6.88. The Morgan fingerprint density at radius 3 is 2.59 bits per heavy atom. The van der Waals surface area contributed by atoms with Crippen LogP contribution in [0, 0.1) is 10.1 Å². The monoisotopic (exact) mass is 475 g/mol. The van der Waals surface area contributed by atoms with Crippen molar-refractivity contribution in [2.45, 2.75) is 6.54 Å². The van der Waals surface area contributed by atoms with Gasteiger partial charge in [0, 0.05) is 31.9 Å². The zero-order chi connectivity index (χ0) is 24.1. The normalized spacial score (nSPS) is 16.2. The first kappa shape index (κ1) is 23.0. The van der Waals surface area contributed by atoms with Gasteiger partial charge in [0.2, 0.25) is 0 Å². The van der Waals surface area contributed by atoms with Gasteiger partial charge in [0.15, 0.2) is 5.17 Å². The lowest BCUT2D eigenvalue weighted by Crippen LogP contribution is -2.28. The van der Waals surface area contributed by atoms with Gasteiger partial charge in [-0.1, -0.05) is 24.3 Å². The number of amidine groups is 1. The summed E-state index contributed by atoms with van der Waals surface area (Å²) < 4.78 is 5.40. The number of hydrogen-bond donors (Lipinski definition) is 0. The lowest BCUT2D eigenvalue weighted by atomic mass is 10.2. The van der Waals surface area contributed by atoms with E-state index in [-0.39, 0.29) is 18.1 Å². The van der Waals surface area contributed by atoms with E-state index in [1.165, 1.54) is 23.3 Å². The van der Waals surface area contributed by atoms with Crippen LogP contribution < -0.4 is 4.90 Å². The molecule has 3 aromatic rings. The highest BCUT2D eigenvalue weighted by Gasteiger charge is 2.34. The van der Waals surface area contributed by atoms with Gasteiger partial charge in [0.1, 0.15) is 5.76 Å². The van der Waals surface area contributed by atoms with Gasteiger partial charge < -0.3 is 9.32 Å². The van der Waals surface area contributed by atoms with Crippen LogP contribution in [0.15, 0.2) is 86.5 Å². The second kappa shape index (κ2) is 10.2. The van der Waals surface area contributed by atoms with Gasteiger partial charge in [-0.25, -0.2) is 0 Å². The number of nitrogens with zero attached hydrogens (tertiary/aromatic N) is 5. The Morgan fingerprint density at radius 2 is 1.91 bits per heavy atom. The predicted octanol–water partition coefficient (Wildman–Crippen LogP) is 4.76. The van der Waals surface area contributed by atoms with E-state index >= 15 is 0 Å². The van der Waals surface area contributed by atoms with Gasteiger partial charge in [-0.15, -0.1) is 5.10 Å². The molecule has 4 rings (SSSR count). The molecule has 0 spiro atoms. The highest BCUT2D eigenvalue weighted by molar-refractivity contribution is 8.18. The third-order valence-electron chi connectivity index (χ3n) is 4.92. The number of non-ortho nitro benzene ring substituents is 1. The molecule has 1 fully saturated rings. The molecule has 10 heteroatoms. The molecule has 1 aliphatic heterocycles. The topological polar surface area (TPSA) is 105 Å². The summed E-state index contributed by atoms with van der Waals surface area (Å²) in [5.41, 5.74) is 2.44. The highest BCUT2D eigenvalue weighted by atomic mass is 32.2. The van der Waals surface area contributed by atoms with E-state index in [0.29, 0.717) is 21.4 Å². The number of carbonyl (C=O) groups excluding carboxylic acids is 1. The van der Waals surface area contributed by atoms with Crippen LogP contribution in [0.1, 0.15) is 16.9 Å². The van der Waals surface area contributed by atoms with Crippen molar-refractivity contribution >= 4 is 46.5 Å². The number of benzene rings is 2. The molecule has 0 unspecified atom stereocenters. The van der Waals surface area contributed by atoms with E-state index < -0.39 is 4.92 Å². The highest BCUT2D eigenvalue weighted by Crippen LogP contribution is 2.34. The fourth-order valence-electron chi connectivity index (χ4n) is 3.16. The number of nitro groups is 1. The predicted molar refractivity (Wildman–Crippen MR) is 134 cm³/mol. The number of carbonyl (C=O) groups is 1. The molecule has 34 heavy (non-hydrogen) atoms. The number of anilines is 1. The molecule has 1 aliphatic rings. The molecular weight excluding hydrogens is 454 g/mol. The maximum absolute atomic E-state index is 13.1. The summed E-state index contributed by atoms with van der Waals surface area (Å²) >= 11 is 1.15. The molecule has 0 radical (unpaired) electrons. The summed E-state index contributed by atoms with van der Waals surface area (Å²) in [6, 6.07) is 17.4. The largest absolute Gasteiger partial charge is 0.467 e. The number of nitro benzene ring substituents is 1. The lowest BCUT2D eigenvalue weighted by molar-refractivity contribution is -0.384. The van der Waals surface area contributed by atoms with E-state index in [1.54, 1.807) is 36.6 Å². The van der Waals surface area contributed by atoms with Crippen molar-refractivity contribution < 1.29 is 14.1 Å². The van der Waals surface area contributed by atoms with E-state index in [2.05, 4.69) is 10.2 Å². The number of amides is 1. The van der Waals surface area contributed by atoms with E-state index in [0.717, 1.165) is 23.0 Å². The van der Waals surface area contributed by atoms with Crippen molar-refractivity contribution in [3.8, 4) is 0 Å². The minimum atomic E-state index is -0.471. The maximum Gasteiger partial charge on any atom is 0.270 e. The average Bonchev–Trinajstić information content (AvgIpc) is 3.44. The van der Waals surface area contributed by atoms with E-state index in [1.807, 2.05) is 43.3 Å². The van der Waals surface area contributed by atoms with Crippen molar-refractivity contribution in [1.82, 2.24) is 4.90 Å². The summed E-state index contributed by atoms with van der Waals surface area (Å²) in [6.07, 6.45) is 4.77. The molecule has 0 N–H and O–H groups in total. The minimum Gasteiger partial charge on any atom is -0.467 e. The van der Waals surface area contributed by atoms with Gasteiger partial charge in [-0.3, -0.25) is 19.8 Å². The third kappa shape index (κ3) is 5.41. The molecule has 0 bridgehead atoms. The van der Waals surface area contributed by atoms with Crippen molar-refractivity contribution in [2.75, 3.05) is 19.0 Å². The molecular formula is C24H21N5O4S. The van der Waals surface area contributed by atoms with Gasteiger partial charge in [0.25, 0.3) is 11.6 Å². The van der Waals surface area contributed by atoms with Crippen LogP contribution in [-0.4, -0.2) is 41.2 Å². The third-order valence-corrected chi connectivity index (χ3v) is 5.92. The smallest absolute Gasteiger partial charge is 0.270 e. The van der Waals surface area contributed by atoms with E-state index in [4.69, 9.17) is 4.42 Å². The Hall–Kier alpha value is -4.18. The molecule has 9 nitrogen and oxygen atoms in total. The molecule has 172 valence electrons. The SMILES string of the molecule is CN(C)c1ccc(/C=N/N=C2\S/C(=C\c3cccc([N+](=O)[O-])c3)C(=O)N2Cc2ccco2)cc1. The second-order valence-corrected chi connectivity index (χ2v) is 8.56. The van der Waals surface area contributed by atoms with Crippen LogP contribution in [0.3, 0.4) is 0 Å². The first-order chi connectivity index (χ1) is 16.4. The standard InChI is InChI=1S/C24H21N5O4S/c1-27(2)19-10-8-17(9-11-19)15-25-26-24-28(16-21-7-4-12-33-21)23(30)22(34-24)14-18-5-3-6-20(13-18)29(31)32/h3-15H,16H2,1-2H3/b22-14-,25-15+,26-24-. The van der Waals surface area contributed by atoms with Gasteiger partial charge in [-0.05, 0) is 53.2 Å². The minimum absolute atomic E-state index is 0.0454. The fraction of sp³-hybridized carbons (Fsp3) is 0.125. The molecule has 1 saturated heterocycles. The van der Waals surface area contributed by atoms with E-state index in [9.17, 15) is 14.9 Å². The van der Waals surface area contributed by atoms with Crippen LogP contribution in [0.25, 0.3) is 6.08 Å². The van der Waals surface area contributed by atoms with Crippen LogP contribution in [0.2, 0.25) is 0 Å². The summed E-state index contributed by atoms with van der Waals surface area (Å²) in [5.74, 6) is 0.318. The Balaban J connectivity index is 1.60. The van der Waals surface area contributed by atoms with Crippen molar-refractivity contribution in [1.29, 1.82) is 0 Å². The molecule has 0 aliphatic carbocycles. The number of thioether (sulfide) groups is 1. The summed E-state index contributed by atoms with van der Waals surface area (Å²) in [5, 5.41) is 19.9. The van der Waals surface area contributed by atoms with Crippen LogP contribution >= 0.6 is 11.8 Å². The van der Waals surface area contributed by atoms with Crippen molar-refractivity contribution in [3.05, 3.63) is 98.8 Å². The first-order valence-electron chi connectivity index (χ1n) is 10.3. The Labute approximate surface area is 200 Å². The number of hydrogen-bond acceptors (Lipinski definition) is 8. The van der Waals surface area contributed by atoms with Crippen molar-refractivity contribution in [3.63, 3.8) is 0 Å². The maximum atomic E-state index is 13.1. The molecule has 0 saturated carbocycles. The molecule has 0 atom stereocenters. The summed E-state index contributed by atoms with van der Waals surface area (Å²) in [4.78, 5) is 27.6. The van der Waals surface area contributed by atoms with Crippen molar-refractivity contribution in [2.24, 2.45) is 10.2 Å². The lowest BCUT2D eigenvalue weighted by Gasteiger charge is -2.12. The molecule has 1 amide bonds. The summed E-state index contributed by atoms with van der Waals surface area (Å²) in [7, 11) is 3.94. The van der Waals surface area contributed by atoms with Gasteiger partial charge >= 0.3 is 0 Å². The van der Waals surface area contributed by atoms with Crippen LogP contribution in [0.5, 0.6) is 0 Å². The fourth-order valence-corrected chi connectivity index (χ4v) is 4.10. The molecule has 2 aromatic carbocycles. The van der Waals surface area contributed by atoms with Gasteiger partial charge in [0.05, 0.1) is 28.9 Å². The molecule has 1 aromatic heterocycles. The molecule has 2 heterocycles. The quantitative estimate of drug-likeness (QED) is 0.211. The Morgan fingerprint density at radius 1 is 1.12 bits per heavy atom. The van der Waals surface area contributed by atoms with Crippen LogP contribution in [0.4, 0.5) is 11.4 Å². The average molecular weight is 476 g/mol. The number of furan rings is 1. The summed E-state index contributed by atoms with van der Waals surface area (Å²) in [6.45, 7) is 0.191. The number of rotatable bonds is 7.